The van der Waals surface area contributed by atoms with E-state index in [0.29, 0.717) is 30.2 Å². The monoisotopic (exact) mass is 348 g/mol. The molecular weight excluding hydrogens is 316 g/mol. The fourth-order valence-corrected chi connectivity index (χ4v) is 3.28. The van der Waals surface area contributed by atoms with Crippen molar-refractivity contribution < 1.29 is 9.47 Å². The third-order valence-electron chi connectivity index (χ3n) is 4.54. The Balaban J connectivity index is 2.04. The molecule has 0 aliphatic carbocycles. The van der Waals surface area contributed by atoms with E-state index in [1.54, 1.807) is 14.2 Å². The summed E-state index contributed by atoms with van der Waals surface area (Å²) in [6.07, 6.45) is 3.71. The second-order valence-corrected chi connectivity index (χ2v) is 6.94. The van der Waals surface area contributed by atoms with E-state index in [4.69, 9.17) is 15.2 Å². The Morgan fingerprint density at radius 3 is 2.56 bits per heavy atom. The molecule has 6 nitrogen and oxygen atoms in total. The van der Waals surface area contributed by atoms with Crippen molar-refractivity contribution in [3.05, 3.63) is 18.2 Å². The van der Waals surface area contributed by atoms with Crippen molar-refractivity contribution in [2.45, 2.75) is 39.2 Å². The molecule has 0 bridgehead atoms. The molecule has 2 rings (SSSR count). The number of hydrogen-bond acceptors (Lipinski definition) is 4. The fourth-order valence-electron chi connectivity index (χ4n) is 3.28. The van der Waals surface area contributed by atoms with E-state index in [0.717, 1.165) is 17.9 Å². The van der Waals surface area contributed by atoms with Gasteiger partial charge in [0.25, 0.3) is 0 Å². The van der Waals surface area contributed by atoms with Crippen molar-refractivity contribution in [1.82, 2.24) is 4.90 Å². The van der Waals surface area contributed by atoms with E-state index in [2.05, 4.69) is 29.1 Å². The maximum absolute atomic E-state index is 6.12. The summed E-state index contributed by atoms with van der Waals surface area (Å²) in [4.78, 5) is 7.14. The van der Waals surface area contributed by atoms with E-state index >= 15 is 0 Å². The lowest BCUT2D eigenvalue weighted by atomic mass is 10.0. The Labute approximate surface area is 151 Å². The molecule has 1 saturated heterocycles. The molecule has 0 spiro atoms. The summed E-state index contributed by atoms with van der Waals surface area (Å²) in [7, 11) is 3.27. The topological polar surface area (TPSA) is 72.1 Å². The maximum Gasteiger partial charge on any atom is 0.193 e. The normalized spacial score (nSPS) is 16.9. The van der Waals surface area contributed by atoms with Gasteiger partial charge in [-0.1, -0.05) is 13.8 Å². The first-order chi connectivity index (χ1) is 12.0. The van der Waals surface area contributed by atoms with Crippen LogP contribution >= 0.6 is 0 Å². The van der Waals surface area contributed by atoms with Crippen LogP contribution in [0.4, 0.5) is 5.69 Å². The highest BCUT2D eigenvalue weighted by Crippen LogP contribution is 2.28. The van der Waals surface area contributed by atoms with Crippen molar-refractivity contribution >= 4 is 11.6 Å². The number of anilines is 1. The van der Waals surface area contributed by atoms with E-state index in [-0.39, 0.29) is 0 Å². The number of nitrogens with zero attached hydrogens (tertiary/aromatic N) is 2. The molecule has 1 aliphatic rings. The molecule has 0 amide bonds. The van der Waals surface area contributed by atoms with Crippen LogP contribution in [0.25, 0.3) is 0 Å². The van der Waals surface area contributed by atoms with Gasteiger partial charge in [0.2, 0.25) is 0 Å². The van der Waals surface area contributed by atoms with Gasteiger partial charge in [0, 0.05) is 12.1 Å². The van der Waals surface area contributed by atoms with Gasteiger partial charge in [-0.3, -0.25) is 9.89 Å². The minimum Gasteiger partial charge on any atom is -0.497 e. The largest absolute Gasteiger partial charge is 0.497 e. The Hall–Kier alpha value is -1.95. The van der Waals surface area contributed by atoms with Crippen LogP contribution in [0.1, 0.15) is 33.1 Å². The van der Waals surface area contributed by atoms with E-state index in [1.165, 1.54) is 25.9 Å². The molecule has 140 valence electrons. The second-order valence-electron chi connectivity index (χ2n) is 6.94. The summed E-state index contributed by atoms with van der Waals surface area (Å²) in [5.41, 5.74) is 6.88. The van der Waals surface area contributed by atoms with Crippen LogP contribution in [0.2, 0.25) is 0 Å². The summed E-state index contributed by atoms with van der Waals surface area (Å²) in [5, 5.41) is 3.14. The standard InChI is InChI=1S/C19H32N4O2/c1-14(2)11-15(23-9-5-6-10-23)13-21-19(20)22-17-12-16(24-3)7-8-18(17)25-4/h7-8,12,14-15H,5-6,9-11,13H2,1-4H3,(H3,20,21,22). The van der Waals surface area contributed by atoms with Crippen LogP contribution in [0.3, 0.4) is 0 Å². The van der Waals surface area contributed by atoms with Gasteiger partial charge >= 0.3 is 0 Å². The third-order valence-corrected chi connectivity index (χ3v) is 4.54. The van der Waals surface area contributed by atoms with Crippen LogP contribution in [0, 0.1) is 5.92 Å². The average Bonchev–Trinajstić information content (AvgIpc) is 3.12. The summed E-state index contributed by atoms with van der Waals surface area (Å²) in [6.45, 7) is 7.57. The van der Waals surface area contributed by atoms with Crippen molar-refractivity contribution in [1.29, 1.82) is 0 Å². The first-order valence-corrected chi connectivity index (χ1v) is 9.06. The highest BCUT2D eigenvalue weighted by Gasteiger charge is 2.22. The molecule has 3 N–H and O–H groups in total. The van der Waals surface area contributed by atoms with Crippen molar-refractivity contribution in [3.63, 3.8) is 0 Å². The first-order valence-electron chi connectivity index (χ1n) is 9.06. The zero-order valence-corrected chi connectivity index (χ0v) is 15.9. The van der Waals surface area contributed by atoms with Crippen molar-refractivity contribution in [3.8, 4) is 11.5 Å². The summed E-state index contributed by atoms with van der Waals surface area (Å²) < 4.78 is 10.6. The van der Waals surface area contributed by atoms with Crippen LogP contribution in [-0.4, -0.2) is 50.8 Å². The average molecular weight is 348 g/mol. The van der Waals surface area contributed by atoms with E-state index < -0.39 is 0 Å². The number of aliphatic imine (C=N–C) groups is 1. The van der Waals surface area contributed by atoms with Gasteiger partial charge in [-0.2, -0.15) is 0 Å². The van der Waals surface area contributed by atoms with Gasteiger partial charge in [-0.25, -0.2) is 0 Å². The molecule has 1 aromatic carbocycles. The summed E-state index contributed by atoms with van der Waals surface area (Å²) in [5.74, 6) is 2.50. The van der Waals surface area contributed by atoms with Crippen molar-refractivity contribution in [2.24, 2.45) is 16.6 Å². The Bertz CT molecular complexity index is 569. The molecule has 1 aliphatic heterocycles. The predicted molar refractivity (Wildman–Crippen MR) is 104 cm³/mol. The van der Waals surface area contributed by atoms with Gasteiger partial charge in [0.1, 0.15) is 11.5 Å². The number of nitrogens with two attached hydrogens (primary N) is 1. The molecule has 1 heterocycles. The molecule has 1 fully saturated rings. The zero-order valence-electron chi connectivity index (χ0n) is 15.9. The number of rotatable bonds is 8. The lowest BCUT2D eigenvalue weighted by Crippen LogP contribution is -2.37. The minimum absolute atomic E-state index is 0.402. The fraction of sp³-hybridized carbons (Fsp3) is 0.632. The molecule has 25 heavy (non-hydrogen) atoms. The number of hydrogen-bond donors (Lipinski definition) is 2. The van der Waals surface area contributed by atoms with E-state index in [1.807, 2.05) is 18.2 Å². The third kappa shape index (κ3) is 5.81. The Kier molecular flexibility index (Phi) is 7.37. The van der Waals surface area contributed by atoms with Gasteiger partial charge in [0.05, 0.1) is 26.5 Å². The predicted octanol–water partition coefficient (Wildman–Crippen LogP) is 2.94. The lowest BCUT2D eigenvalue weighted by molar-refractivity contribution is 0.218. The highest BCUT2D eigenvalue weighted by molar-refractivity contribution is 5.94. The maximum atomic E-state index is 6.12. The molecule has 6 heteroatoms. The second kappa shape index (κ2) is 9.51. The molecule has 0 radical (unpaired) electrons. The number of methoxy groups -OCH3 is 2. The van der Waals surface area contributed by atoms with Crippen LogP contribution < -0.4 is 20.5 Å². The molecule has 0 saturated carbocycles. The van der Waals surface area contributed by atoms with Crippen LogP contribution in [-0.2, 0) is 0 Å². The number of likely N-dealkylation sites (tertiary alicyclic amines) is 1. The van der Waals surface area contributed by atoms with Gasteiger partial charge in [-0.15, -0.1) is 0 Å². The highest BCUT2D eigenvalue weighted by atomic mass is 16.5. The van der Waals surface area contributed by atoms with Gasteiger partial charge in [-0.05, 0) is 50.4 Å². The Morgan fingerprint density at radius 2 is 1.96 bits per heavy atom. The number of benzene rings is 1. The Morgan fingerprint density at radius 1 is 1.24 bits per heavy atom. The quantitative estimate of drug-likeness (QED) is 0.558. The summed E-state index contributed by atoms with van der Waals surface area (Å²) >= 11 is 0. The SMILES string of the molecule is COc1ccc(OC)c(NC(N)=NCC(CC(C)C)N2CCCC2)c1. The van der Waals surface area contributed by atoms with Crippen molar-refractivity contribution in [2.75, 3.05) is 39.2 Å². The van der Waals surface area contributed by atoms with Crippen LogP contribution in [0.5, 0.6) is 11.5 Å². The number of ether oxygens (including phenoxy) is 2. The molecule has 1 aromatic rings. The number of guanidine groups is 1. The minimum atomic E-state index is 0.402. The number of nitrogens with one attached hydrogen (secondary N) is 1. The van der Waals surface area contributed by atoms with Crippen LogP contribution in [0.15, 0.2) is 23.2 Å². The molecule has 0 aromatic heterocycles. The lowest BCUT2D eigenvalue weighted by Gasteiger charge is -2.27. The zero-order chi connectivity index (χ0) is 18.2. The van der Waals surface area contributed by atoms with E-state index in [9.17, 15) is 0 Å². The molecule has 1 atom stereocenters. The van der Waals surface area contributed by atoms with Gasteiger partial charge < -0.3 is 20.5 Å². The first kappa shape index (κ1) is 19.4. The summed E-state index contributed by atoms with van der Waals surface area (Å²) in [6, 6.07) is 6.01. The van der Waals surface area contributed by atoms with Gasteiger partial charge in [0.15, 0.2) is 5.96 Å². The molecular formula is C19H32N4O2. The molecule has 1 unspecified atom stereocenters. The smallest absolute Gasteiger partial charge is 0.193 e.